The van der Waals surface area contributed by atoms with Gasteiger partial charge >= 0.3 is 0 Å². The molecule has 1 nitrogen and oxygen atoms in total. The average Bonchev–Trinajstić information content (AvgIpc) is 3.29. The van der Waals surface area contributed by atoms with Crippen LogP contribution < -0.4 is 5.32 Å². The maximum absolute atomic E-state index is 13.7. The summed E-state index contributed by atoms with van der Waals surface area (Å²) in [6.07, 6.45) is 1.06. The van der Waals surface area contributed by atoms with Crippen molar-refractivity contribution in [1.82, 2.24) is 5.32 Å². The van der Waals surface area contributed by atoms with E-state index in [4.69, 9.17) is 0 Å². The summed E-state index contributed by atoms with van der Waals surface area (Å²) in [5.41, 5.74) is 2.08. The summed E-state index contributed by atoms with van der Waals surface area (Å²) >= 11 is 3.19. The Morgan fingerprint density at radius 1 is 1.14 bits per heavy atom. The van der Waals surface area contributed by atoms with Crippen molar-refractivity contribution in [3.05, 3.63) is 69.7 Å². The van der Waals surface area contributed by atoms with Crippen LogP contribution in [0.5, 0.6) is 0 Å². The first-order valence-electron chi connectivity index (χ1n) is 6.99. The van der Waals surface area contributed by atoms with E-state index in [1.54, 1.807) is 6.07 Å². The zero-order valence-corrected chi connectivity index (χ0v) is 13.2. The quantitative estimate of drug-likeness (QED) is 0.780. The number of nitrogens with one attached hydrogen (secondary N) is 1. The molecule has 21 heavy (non-hydrogen) atoms. The molecule has 2 aromatic rings. The number of hydrogen-bond donors (Lipinski definition) is 1. The van der Waals surface area contributed by atoms with Crippen molar-refractivity contribution in [2.45, 2.75) is 18.4 Å². The summed E-state index contributed by atoms with van der Waals surface area (Å²) in [4.78, 5) is 0. The lowest BCUT2D eigenvalue weighted by molar-refractivity contribution is 0.482. The molecule has 0 bridgehead atoms. The van der Waals surface area contributed by atoms with E-state index >= 15 is 0 Å². The van der Waals surface area contributed by atoms with Gasteiger partial charge in [0.05, 0.1) is 4.47 Å². The van der Waals surface area contributed by atoms with Gasteiger partial charge in [-0.15, -0.1) is 0 Å². The van der Waals surface area contributed by atoms with E-state index in [-0.39, 0.29) is 10.5 Å². The van der Waals surface area contributed by atoms with Crippen LogP contribution in [0.1, 0.15) is 29.5 Å². The Labute approximate surface area is 131 Å². The Bertz CT molecular complexity index is 645. The molecular formula is C17H16BrF2N. The molecule has 3 rings (SSSR count). The van der Waals surface area contributed by atoms with E-state index < -0.39 is 11.6 Å². The molecule has 1 saturated carbocycles. The predicted octanol–water partition coefficient (Wildman–Crippen LogP) is 4.79. The molecule has 0 heterocycles. The maximum atomic E-state index is 13.7. The first-order valence-corrected chi connectivity index (χ1v) is 7.78. The van der Waals surface area contributed by atoms with Crippen LogP contribution in [0, 0.1) is 17.6 Å². The molecule has 4 heteroatoms. The third kappa shape index (κ3) is 2.74. The van der Waals surface area contributed by atoms with Gasteiger partial charge in [-0.3, -0.25) is 0 Å². The highest BCUT2D eigenvalue weighted by molar-refractivity contribution is 9.10. The fourth-order valence-electron chi connectivity index (χ4n) is 3.05. The van der Waals surface area contributed by atoms with Gasteiger partial charge in [0.15, 0.2) is 11.6 Å². The molecule has 0 spiro atoms. The van der Waals surface area contributed by atoms with Crippen LogP contribution in [0.3, 0.4) is 0 Å². The first-order chi connectivity index (χ1) is 10.1. The van der Waals surface area contributed by atoms with Gasteiger partial charge in [-0.05, 0) is 58.4 Å². The van der Waals surface area contributed by atoms with Crippen molar-refractivity contribution in [3.8, 4) is 0 Å². The van der Waals surface area contributed by atoms with Crippen LogP contribution in [-0.2, 0) is 0 Å². The van der Waals surface area contributed by atoms with E-state index in [2.05, 4.69) is 33.4 Å². The Hall–Kier alpha value is -1.26. The fourth-order valence-corrected chi connectivity index (χ4v) is 3.62. The van der Waals surface area contributed by atoms with Crippen molar-refractivity contribution in [2.75, 3.05) is 7.05 Å². The van der Waals surface area contributed by atoms with Crippen LogP contribution in [0.25, 0.3) is 0 Å². The van der Waals surface area contributed by atoms with E-state index in [9.17, 15) is 8.78 Å². The molecule has 3 unspecified atom stereocenters. The van der Waals surface area contributed by atoms with E-state index in [0.717, 1.165) is 12.0 Å². The lowest BCUT2D eigenvalue weighted by atomic mass is 9.98. The Morgan fingerprint density at radius 3 is 2.52 bits per heavy atom. The molecular weight excluding hydrogens is 336 g/mol. The van der Waals surface area contributed by atoms with Gasteiger partial charge in [0, 0.05) is 6.04 Å². The van der Waals surface area contributed by atoms with Crippen molar-refractivity contribution in [1.29, 1.82) is 0 Å². The number of benzene rings is 2. The van der Waals surface area contributed by atoms with Crippen LogP contribution in [-0.4, -0.2) is 7.05 Å². The smallest absolute Gasteiger partial charge is 0.173 e. The molecule has 1 aliphatic rings. The monoisotopic (exact) mass is 351 g/mol. The van der Waals surface area contributed by atoms with Crippen LogP contribution in [0.4, 0.5) is 8.78 Å². The zero-order valence-electron chi connectivity index (χ0n) is 11.6. The fraction of sp³-hybridized carbons (Fsp3) is 0.294. The van der Waals surface area contributed by atoms with Gasteiger partial charge < -0.3 is 5.32 Å². The number of halogens is 3. The molecule has 0 aromatic heterocycles. The number of rotatable bonds is 4. The van der Waals surface area contributed by atoms with E-state index in [1.807, 2.05) is 25.2 Å². The highest BCUT2D eigenvalue weighted by atomic mass is 79.9. The first kappa shape index (κ1) is 14.7. The second-order valence-corrected chi connectivity index (χ2v) is 6.24. The van der Waals surface area contributed by atoms with Gasteiger partial charge in [0.1, 0.15) is 0 Å². The Kier molecular flexibility index (Phi) is 4.09. The number of hydrogen-bond acceptors (Lipinski definition) is 1. The van der Waals surface area contributed by atoms with Gasteiger partial charge in [0.2, 0.25) is 0 Å². The standard InChI is InChI=1S/C17H16BrF2N/c1-21-17(11-7-8-14(19)16(20)15(11)18)13-9-12(13)10-5-3-2-4-6-10/h2-8,12-13,17,21H,9H2,1H3. The summed E-state index contributed by atoms with van der Waals surface area (Å²) in [6.45, 7) is 0. The SMILES string of the molecule is CNC(c1ccc(F)c(F)c1Br)C1CC1c1ccccc1. The van der Waals surface area contributed by atoms with Crippen molar-refractivity contribution in [3.63, 3.8) is 0 Å². The zero-order chi connectivity index (χ0) is 15.0. The maximum Gasteiger partial charge on any atom is 0.173 e. The molecule has 0 saturated heterocycles. The second kappa shape index (κ2) is 5.85. The molecule has 1 fully saturated rings. The highest BCUT2D eigenvalue weighted by Gasteiger charge is 2.44. The van der Waals surface area contributed by atoms with E-state index in [1.165, 1.54) is 11.6 Å². The molecule has 3 atom stereocenters. The summed E-state index contributed by atoms with van der Waals surface area (Å²) in [7, 11) is 1.86. The van der Waals surface area contributed by atoms with Gasteiger partial charge in [-0.1, -0.05) is 36.4 Å². The second-order valence-electron chi connectivity index (χ2n) is 5.45. The Balaban J connectivity index is 1.86. The highest BCUT2D eigenvalue weighted by Crippen LogP contribution is 2.54. The van der Waals surface area contributed by atoms with Gasteiger partial charge in [-0.2, -0.15) is 0 Å². The minimum atomic E-state index is -0.823. The van der Waals surface area contributed by atoms with Crippen molar-refractivity contribution >= 4 is 15.9 Å². The third-order valence-electron chi connectivity index (χ3n) is 4.21. The summed E-state index contributed by atoms with van der Waals surface area (Å²) < 4.78 is 27.2. The molecule has 110 valence electrons. The van der Waals surface area contributed by atoms with Gasteiger partial charge in [0.25, 0.3) is 0 Å². The summed E-state index contributed by atoms with van der Waals surface area (Å²) in [5, 5.41) is 3.25. The Morgan fingerprint density at radius 2 is 1.86 bits per heavy atom. The molecule has 0 aliphatic heterocycles. The molecule has 1 N–H and O–H groups in total. The lowest BCUT2D eigenvalue weighted by Crippen LogP contribution is -2.20. The third-order valence-corrected chi connectivity index (χ3v) is 5.01. The van der Waals surface area contributed by atoms with Crippen LogP contribution in [0.15, 0.2) is 46.9 Å². The van der Waals surface area contributed by atoms with Gasteiger partial charge in [-0.25, -0.2) is 8.78 Å². The largest absolute Gasteiger partial charge is 0.313 e. The summed E-state index contributed by atoms with van der Waals surface area (Å²) in [6, 6.07) is 13.2. The minimum absolute atomic E-state index is 0.0136. The molecule has 2 aromatic carbocycles. The van der Waals surface area contributed by atoms with Crippen LogP contribution in [0.2, 0.25) is 0 Å². The van der Waals surface area contributed by atoms with Crippen molar-refractivity contribution in [2.24, 2.45) is 5.92 Å². The predicted molar refractivity (Wildman–Crippen MR) is 83.1 cm³/mol. The summed E-state index contributed by atoms with van der Waals surface area (Å²) in [5.74, 6) is -0.761. The topological polar surface area (TPSA) is 12.0 Å². The molecule has 0 amide bonds. The molecule has 0 radical (unpaired) electrons. The average molecular weight is 352 g/mol. The normalized spacial score (nSPS) is 22.1. The van der Waals surface area contributed by atoms with Crippen LogP contribution >= 0.6 is 15.9 Å². The molecule has 1 aliphatic carbocycles. The minimum Gasteiger partial charge on any atom is -0.313 e. The van der Waals surface area contributed by atoms with E-state index in [0.29, 0.717) is 11.8 Å². The van der Waals surface area contributed by atoms with Crippen molar-refractivity contribution < 1.29 is 8.78 Å². The lowest BCUT2D eigenvalue weighted by Gasteiger charge is -2.19.